The Morgan fingerprint density at radius 2 is 0.930 bits per heavy atom. The van der Waals surface area contributed by atoms with E-state index in [0.717, 1.165) is 4.47 Å². The Labute approximate surface area is 264 Å². The van der Waals surface area contributed by atoms with Crippen LogP contribution in [0.25, 0.3) is 66.4 Å². The van der Waals surface area contributed by atoms with E-state index in [1.165, 1.54) is 77.5 Å². The summed E-state index contributed by atoms with van der Waals surface area (Å²) in [4.78, 5) is 0. The molecule has 0 amide bonds. The first-order valence-electron chi connectivity index (χ1n) is 15.2. The molecule has 1 aliphatic rings. The van der Waals surface area contributed by atoms with E-state index in [9.17, 15) is 0 Å². The molecule has 0 radical (unpaired) electrons. The van der Waals surface area contributed by atoms with Crippen LogP contribution >= 0.6 is 15.9 Å². The van der Waals surface area contributed by atoms with Crippen LogP contribution in [0.3, 0.4) is 0 Å². The van der Waals surface area contributed by atoms with Crippen LogP contribution in [-0.2, 0) is 10.8 Å². The standard InChI is InChI=1S/C42H37Br/c1-41(2,3)30-20-29-21-31(42(4,5)6)24-36-37(29)35(23-30)39-33(26-14-9-7-10-15-26)25-34(28-18-13-19-32(43)22-28)38(40(36)39)27-16-11-8-12-17-27/h7-25H,1-6H3. The van der Waals surface area contributed by atoms with Crippen LogP contribution in [0.1, 0.15) is 52.7 Å². The van der Waals surface area contributed by atoms with Crippen LogP contribution < -0.4 is 0 Å². The van der Waals surface area contributed by atoms with Gasteiger partial charge in [-0.05, 0) is 119 Å². The van der Waals surface area contributed by atoms with Crippen LogP contribution in [0.4, 0.5) is 0 Å². The first-order chi connectivity index (χ1) is 20.5. The van der Waals surface area contributed by atoms with Crippen molar-refractivity contribution in [3.05, 3.63) is 131 Å². The Morgan fingerprint density at radius 1 is 0.419 bits per heavy atom. The van der Waals surface area contributed by atoms with Crippen LogP contribution in [0.15, 0.2) is 120 Å². The van der Waals surface area contributed by atoms with Gasteiger partial charge >= 0.3 is 0 Å². The van der Waals surface area contributed by atoms with E-state index in [1.54, 1.807) is 0 Å². The first-order valence-corrected chi connectivity index (χ1v) is 16.0. The zero-order valence-corrected chi connectivity index (χ0v) is 27.4. The van der Waals surface area contributed by atoms with Crippen molar-refractivity contribution < 1.29 is 0 Å². The fourth-order valence-corrected chi connectivity index (χ4v) is 7.04. The molecule has 0 spiro atoms. The molecule has 1 aliphatic carbocycles. The lowest BCUT2D eigenvalue weighted by Gasteiger charge is -2.23. The molecule has 6 aromatic rings. The Hall–Kier alpha value is -3.94. The smallest absolute Gasteiger partial charge is 0.0181 e. The van der Waals surface area contributed by atoms with Crippen LogP contribution in [0.5, 0.6) is 0 Å². The molecule has 0 aliphatic heterocycles. The normalized spacial score (nSPS) is 12.5. The van der Waals surface area contributed by atoms with Crippen LogP contribution in [0.2, 0.25) is 0 Å². The topological polar surface area (TPSA) is 0 Å². The maximum atomic E-state index is 3.77. The lowest BCUT2D eigenvalue weighted by Crippen LogP contribution is -2.12. The molecule has 0 atom stereocenters. The molecule has 0 N–H and O–H groups in total. The van der Waals surface area contributed by atoms with Gasteiger partial charge in [0.15, 0.2) is 0 Å². The maximum Gasteiger partial charge on any atom is 0.0181 e. The van der Waals surface area contributed by atoms with Gasteiger partial charge in [0.2, 0.25) is 0 Å². The molecule has 7 rings (SSSR count). The Kier molecular flexibility index (Phi) is 6.52. The minimum absolute atomic E-state index is 0.0163. The summed E-state index contributed by atoms with van der Waals surface area (Å²) in [6.07, 6.45) is 0. The summed E-state index contributed by atoms with van der Waals surface area (Å²) in [5.74, 6) is 0. The van der Waals surface area contributed by atoms with E-state index in [1.807, 2.05) is 0 Å². The molecule has 6 aromatic carbocycles. The second-order valence-electron chi connectivity index (χ2n) is 14.0. The van der Waals surface area contributed by atoms with Gasteiger partial charge in [-0.25, -0.2) is 0 Å². The quantitative estimate of drug-likeness (QED) is 0.184. The number of hydrogen-bond acceptors (Lipinski definition) is 0. The Balaban J connectivity index is 1.73. The first kappa shape index (κ1) is 27.9. The van der Waals surface area contributed by atoms with Crippen molar-refractivity contribution >= 4 is 26.7 Å². The lowest BCUT2D eigenvalue weighted by atomic mass is 9.81. The van der Waals surface area contributed by atoms with Gasteiger partial charge in [-0.1, -0.05) is 142 Å². The van der Waals surface area contributed by atoms with E-state index in [2.05, 4.69) is 173 Å². The minimum atomic E-state index is 0.0163. The van der Waals surface area contributed by atoms with Gasteiger partial charge in [-0.3, -0.25) is 0 Å². The van der Waals surface area contributed by atoms with Crippen molar-refractivity contribution in [2.45, 2.75) is 52.4 Å². The third kappa shape index (κ3) is 4.75. The van der Waals surface area contributed by atoms with Crippen molar-refractivity contribution in [2.75, 3.05) is 0 Å². The fourth-order valence-electron chi connectivity index (χ4n) is 6.64. The second kappa shape index (κ2) is 10.1. The molecule has 1 heteroatoms. The molecule has 212 valence electrons. The summed E-state index contributed by atoms with van der Waals surface area (Å²) in [6, 6.07) is 43.0. The van der Waals surface area contributed by atoms with Crippen molar-refractivity contribution in [1.82, 2.24) is 0 Å². The lowest BCUT2D eigenvalue weighted by molar-refractivity contribution is 0.589. The fraction of sp³-hybridized carbons (Fsp3) is 0.190. The molecule has 0 unspecified atom stereocenters. The molecule has 0 heterocycles. The molecule has 0 bridgehead atoms. The Bertz CT molecular complexity index is 2010. The molecular formula is C42H37Br. The number of halogens is 1. The molecular weight excluding hydrogens is 584 g/mol. The number of rotatable bonds is 3. The largest absolute Gasteiger partial charge is 0.0622 e. The van der Waals surface area contributed by atoms with Gasteiger partial charge in [-0.2, -0.15) is 0 Å². The third-order valence-corrected chi connectivity index (χ3v) is 9.42. The van der Waals surface area contributed by atoms with E-state index < -0.39 is 0 Å². The van der Waals surface area contributed by atoms with E-state index in [-0.39, 0.29) is 10.8 Å². The van der Waals surface area contributed by atoms with Gasteiger partial charge in [0, 0.05) is 4.47 Å². The summed E-state index contributed by atoms with van der Waals surface area (Å²) < 4.78 is 1.08. The van der Waals surface area contributed by atoms with Gasteiger partial charge in [0.05, 0.1) is 0 Å². The predicted molar refractivity (Wildman–Crippen MR) is 190 cm³/mol. The van der Waals surface area contributed by atoms with Crippen molar-refractivity contribution in [3.8, 4) is 55.6 Å². The van der Waals surface area contributed by atoms with Crippen molar-refractivity contribution in [1.29, 1.82) is 0 Å². The average molecular weight is 622 g/mol. The van der Waals surface area contributed by atoms with Crippen LogP contribution in [-0.4, -0.2) is 0 Å². The van der Waals surface area contributed by atoms with Gasteiger partial charge < -0.3 is 0 Å². The number of benzene rings is 6. The average Bonchev–Trinajstić information content (AvgIpc) is 3.31. The molecule has 0 saturated heterocycles. The highest BCUT2D eigenvalue weighted by Gasteiger charge is 2.33. The molecule has 0 saturated carbocycles. The van der Waals surface area contributed by atoms with Crippen molar-refractivity contribution in [2.24, 2.45) is 0 Å². The predicted octanol–water partition coefficient (Wildman–Crippen LogP) is 12.8. The minimum Gasteiger partial charge on any atom is -0.0622 e. The van der Waals surface area contributed by atoms with Gasteiger partial charge in [0.1, 0.15) is 0 Å². The molecule has 43 heavy (non-hydrogen) atoms. The van der Waals surface area contributed by atoms with E-state index in [4.69, 9.17) is 0 Å². The summed E-state index contributed by atoms with van der Waals surface area (Å²) in [6.45, 7) is 14.0. The highest BCUT2D eigenvalue weighted by molar-refractivity contribution is 9.10. The van der Waals surface area contributed by atoms with Crippen molar-refractivity contribution in [3.63, 3.8) is 0 Å². The third-order valence-electron chi connectivity index (χ3n) is 8.93. The Morgan fingerprint density at radius 3 is 1.49 bits per heavy atom. The number of hydrogen-bond donors (Lipinski definition) is 0. The van der Waals surface area contributed by atoms with Gasteiger partial charge in [-0.15, -0.1) is 0 Å². The summed E-state index contributed by atoms with van der Waals surface area (Å²) >= 11 is 3.77. The summed E-state index contributed by atoms with van der Waals surface area (Å²) in [5.41, 5.74) is 15.7. The monoisotopic (exact) mass is 620 g/mol. The molecule has 0 nitrogen and oxygen atoms in total. The maximum absolute atomic E-state index is 3.77. The molecule has 0 aromatic heterocycles. The summed E-state index contributed by atoms with van der Waals surface area (Å²) in [5, 5.41) is 2.71. The van der Waals surface area contributed by atoms with Crippen LogP contribution in [0, 0.1) is 0 Å². The number of fused-ring (bicyclic) bond motifs is 3. The molecule has 0 fully saturated rings. The zero-order valence-electron chi connectivity index (χ0n) is 25.8. The highest BCUT2D eigenvalue weighted by atomic mass is 79.9. The van der Waals surface area contributed by atoms with E-state index in [0.29, 0.717) is 0 Å². The SMILES string of the molecule is CC(C)(C)c1cc2c3c(cc(C(C)(C)C)cc3c1)-c1c(-c3ccccc3)c(-c3cccc(Br)c3)cc(-c3ccccc3)c1-2. The zero-order chi connectivity index (χ0) is 30.1. The van der Waals surface area contributed by atoms with E-state index >= 15 is 0 Å². The van der Waals surface area contributed by atoms with Gasteiger partial charge in [0.25, 0.3) is 0 Å². The summed E-state index contributed by atoms with van der Waals surface area (Å²) in [7, 11) is 0. The highest BCUT2D eigenvalue weighted by Crippen LogP contribution is 2.58. The second-order valence-corrected chi connectivity index (χ2v) is 14.9.